The van der Waals surface area contributed by atoms with Crippen molar-refractivity contribution in [2.24, 2.45) is 4.99 Å². The van der Waals surface area contributed by atoms with Gasteiger partial charge in [0.05, 0.1) is 16.8 Å². The molecule has 0 unspecified atom stereocenters. The Morgan fingerprint density at radius 3 is 2.58 bits per heavy atom. The number of rotatable bonds is 5. The number of fused-ring (bicyclic) bond motifs is 1. The summed E-state index contributed by atoms with van der Waals surface area (Å²) in [5, 5.41) is 0. The second kappa shape index (κ2) is 7.85. The molecule has 0 saturated carbocycles. The number of anilines is 1. The second-order valence-electron chi connectivity index (χ2n) is 6.36. The molecule has 0 aliphatic carbocycles. The van der Waals surface area contributed by atoms with Crippen LogP contribution < -0.4 is 9.70 Å². The SMILES string of the molecule is COCCn1c(=NC(=O)c2ccc(N(C)C)cc2)sc2cc(C)ccc21. The predicted molar refractivity (Wildman–Crippen MR) is 107 cm³/mol. The Bertz CT molecular complexity index is 984. The Morgan fingerprint density at radius 2 is 1.92 bits per heavy atom. The van der Waals surface area contributed by atoms with E-state index in [1.54, 1.807) is 7.11 Å². The van der Waals surface area contributed by atoms with Crippen LogP contribution in [0, 0.1) is 6.92 Å². The molecule has 6 heteroatoms. The summed E-state index contributed by atoms with van der Waals surface area (Å²) in [5.41, 5.74) is 3.90. The summed E-state index contributed by atoms with van der Waals surface area (Å²) in [4.78, 5) is 19.7. The smallest absolute Gasteiger partial charge is 0.279 e. The molecule has 3 rings (SSSR count). The number of carbonyl (C=O) groups is 1. The molecule has 1 aromatic heterocycles. The number of ether oxygens (including phenoxy) is 1. The van der Waals surface area contributed by atoms with Gasteiger partial charge in [0.25, 0.3) is 5.91 Å². The lowest BCUT2D eigenvalue weighted by molar-refractivity contribution is 0.0997. The Morgan fingerprint density at radius 1 is 1.19 bits per heavy atom. The summed E-state index contributed by atoms with van der Waals surface area (Å²) >= 11 is 1.53. The molecule has 0 N–H and O–H groups in total. The highest BCUT2D eigenvalue weighted by Gasteiger charge is 2.10. The van der Waals surface area contributed by atoms with E-state index in [0.717, 1.165) is 15.9 Å². The van der Waals surface area contributed by atoms with E-state index in [1.165, 1.54) is 16.9 Å². The first-order valence-electron chi connectivity index (χ1n) is 8.45. The van der Waals surface area contributed by atoms with Gasteiger partial charge < -0.3 is 14.2 Å². The van der Waals surface area contributed by atoms with E-state index in [9.17, 15) is 4.79 Å². The van der Waals surface area contributed by atoms with Crippen molar-refractivity contribution in [3.05, 3.63) is 58.4 Å². The Balaban J connectivity index is 2.03. The van der Waals surface area contributed by atoms with Gasteiger partial charge in [0, 0.05) is 39.0 Å². The number of nitrogens with zero attached hydrogens (tertiary/aromatic N) is 3. The average molecular weight is 369 g/mol. The van der Waals surface area contributed by atoms with E-state index in [2.05, 4.69) is 34.7 Å². The van der Waals surface area contributed by atoms with Crippen LogP contribution in [0.3, 0.4) is 0 Å². The maximum Gasteiger partial charge on any atom is 0.279 e. The van der Waals surface area contributed by atoms with Gasteiger partial charge in [0.2, 0.25) is 0 Å². The normalized spacial score (nSPS) is 11.9. The third-order valence-corrected chi connectivity index (χ3v) is 5.23. The van der Waals surface area contributed by atoms with Crippen molar-refractivity contribution in [1.29, 1.82) is 0 Å². The van der Waals surface area contributed by atoms with Gasteiger partial charge in [0.15, 0.2) is 4.80 Å². The summed E-state index contributed by atoms with van der Waals surface area (Å²) in [6.45, 7) is 3.29. The predicted octanol–water partition coefficient (Wildman–Crippen LogP) is 3.46. The van der Waals surface area contributed by atoms with Gasteiger partial charge in [-0.2, -0.15) is 4.99 Å². The first kappa shape index (κ1) is 18.4. The van der Waals surface area contributed by atoms with Crippen molar-refractivity contribution < 1.29 is 9.53 Å². The van der Waals surface area contributed by atoms with Crippen LogP contribution in [0.4, 0.5) is 5.69 Å². The molecule has 0 spiro atoms. The fourth-order valence-electron chi connectivity index (χ4n) is 2.72. The van der Waals surface area contributed by atoms with Crippen molar-refractivity contribution in [2.45, 2.75) is 13.5 Å². The van der Waals surface area contributed by atoms with E-state index in [0.29, 0.717) is 23.5 Å². The summed E-state index contributed by atoms with van der Waals surface area (Å²) in [5.74, 6) is -0.232. The number of hydrogen-bond donors (Lipinski definition) is 0. The van der Waals surface area contributed by atoms with E-state index in [-0.39, 0.29) is 5.91 Å². The van der Waals surface area contributed by atoms with E-state index < -0.39 is 0 Å². The molecule has 5 nitrogen and oxygen atoms in total. The van der Waals surface area contributed by atoms with Crippen molar-refractivity contribution in [3.63, 3.8) is 0 Å². The molecule has 136 valence electrons. The molecule has 0 aliphatic heterocycles. The van der Waals surface area contributed by atoms with Crippen LogP contribution in [0.5, 0.6) is 0 Å². The minimum absolute atomic E-state index is 0.232. The summed E-state index contributed by atoms with van der Waals surface area (Å²) < 4.78 is 8.39. The number of benzene rings is 2. The molecule has 1 heterocycles. The van der Waals surface area contributed by atoms with Gasteiger partial charge in [-0.05, 0) is 48.9 Å². The van der Waals surface area contributed by atoms with Crippen LogP contribution in [0.25, 0.3) is 10.2 Å². The van der Waals surface area contributed by atoms with Gasteiger partial charge in [-0.25, -0.2) is 0 Å². The third kappa shape index (κ3) is 3.86. The highest BCUT2D eigenvalue weighted by Crippen LogP contribution is 2.19. The molecule has 0 aliphatic rings. The standard InChI is InChI=1S/C20H23N3O2S/c1-14-5-10-17-18(13-14)26-20(23(17)11-12-25-4)21-19(24)15-6-8-16(9-7-15)22(2)3/h5-10,13H,11-12H2,1-4H3. The Kier molecular flexibility index (Phi) is 5.54. The summed E-state index contributed by atoms with van der Waals surface area (Å²) in [6, 6.07) is 13.8. The van der Waals surface area contributed by atoms with Crippen LogP contribution in [0.2, 0.25) is 0 Å². The molecule has 0 fully saturated rings. The van der Waals surface area contributed by atoms with Crippen LogP contribution in [0.1, 0.15) is 15.9 Å². The first-order chi connectivity index (χ1) is 12.5. The third-order valence-electron chi connectivity index (χ3n) is 4.19. The average Bonchev–Trinajstić information content (AvgIpc) is 2.95. The second-order valence-corrected chi connectivity index (χ2v) is 7.37. The molecule has 3 aromatic rings. The fourth-order valence-corrected chi connectivity index (χ4v) is 3.87. The number of aromatic nitrogens is 1. The van der Waals surface area contributed by atoms with Gasteiger partial charge in [-0.3, -0.25) is 4.79 Å². The quantitative estimate of drug-likeness (QED) is 0.692. The lowest BCUT2D eigenvalue weighted by atomic mass is 10.2. The topological polar surface area (TPSA) is 46.8 Å². The zero-order valence-electron chi connectivity index (χ0n) is 15.5. The van der Waals surface area contributed by atoms with Crippen LogP contribution >= 0.6 is 11.3 Å². The maximum atomic E-state index is 12.6. The maximum absolute atomic E-state index is 12.6. The number of carbonyl (C=O) groups excluding carboxylic acids is 1. The molecule has 2 aromatic carbocycles. The van der Waals surface area contributed by atoms with E-state index >= 15 is 0 Å². The lowest BCUT2D eigenvalue weighted by Gasteiger charge is -2.11. The minimum atomic E-state index is -0.232. The molecule has 0 saturated heterocycles. The molecule has 1 amide bonds. The Hall–Kier alpha value is -2.44. The first-order valence-corrected chi connectivity index (χ1v) is 9.26. The van der Waals surface area contributed by atoms with Crippen molar-refractivity contribution in [3.8, 4) is 0 Å². The van der Waals surface area contributed by atoms with Crippen molar-refractivity contribution >= 4 is 33.1 Å². The fraction of sp³-hybridized carbons (Fsp3) is 0.300. The monoisotopic (exact) mass is 369 g/mol. The minimum Gasteiger partial charge on any atom is -0.383 e. The van der Waals surface area contributed by atoms with Crippen LogP contribution in [-0.2, 0) is 11.3 Å². The van der Waals surface area contributed by atoms with E-state index in [4.69, 9.17) is 4.74 Å². The van der Waals surface area contributed by atoms with E-state index in [1.807, 2.05) is 43.3 Å². The zero-order chi connectivity index (χ0) is 18.7. The van der Waals surface area contributed by atoms with Crippen LogP contribution in [-0.4, -0.2) is 38.3 Å². The number of thiazole rings is 1. The van der Waals surface area contributed by atoms with Gasteiger partial charge in [-0.15, -0.1) is 0 Å². The molecule has 26 heavy (non-hydrogen) atoms. The number of methoxy groups -OCH3 is 1. The highest BCUT2D eigenvalue weighted by atomic mass is 32.1. The van der Waals surface area contributed by atoms with Crippen LogP contribution in [0.15, 0.2) is 47.5 Å². The number of hydrogen-bond acceptors (Lipinski definition) is 4. The molecular weight excluding hydrogens is 346 g/mol. The number of aryl methyl sites for hydroxylation is 1. The molecular formula is C20H23N3O2S. The summed E-state index contributed by atoms with van der Waals surface area (Å²) in [7, 11) is 5.62. The van der Waals surface area contributed by atoms with Gasteiger partial charge >= 0.3 is 0 Å². The van der Waals surface area contributed by atoms with Crippen molar-refractivity contribution in [2.75, 3.05) is 32.7 Å². The number of amides is 1. The zero-order valence-corrected chi connectivity index (χ0v) is 16.3. The highest BCUT2D eigenvalue weighted by molar-refractivity contribution is 7.16. The van der Waals surface area contributed by atoms with Crippen molar-refractivity contribution in [1.82, 2.24) is 4.57 Å². The molecule has 0 radical (unpaired) electrons. The lowest BCUT2D eigenvalue weighted by Crippen LogP contribution is -2.19. The van der Waals surface area contributed by atoms with Gasteiger partial charge in [-0.1, -0.05) is 17.4 Å². The summed E-state index contributed by atoms with van der Waals surface area (Å²) in [6.07, 6.45) is 0. The molecule has 0 atom stereocenters. The Labute approximate surface area is 157 Å². The largest absolute Gasteiger partial charge is 0.383 e. The molecule has 0 bridgehead atoms. The van der Waals surface area contributed by atoms with Gasteiger partial charge in [0.1, 0.15) is 0 Å².